The molecule has 2 aromatic heterocycles. The zero-order valence-corrected chi connectivity index (χ0v) is 33.3. The molecular formula is C59H38N2. The lowest BCUT2D eigenvalue weighted by atomic mass is 9.85. The van der Waals surface area contributed by atoms with Crippen molar-refractivity contribution in [2.45, 2.75) is 0 Å². The Labute approximate surface area is 354 Å². The van der Waals surface area contributed by atoms with Gasteiger partial charge in [0.15, 0.2) is 0 Å². The molecular weight excluding hydrogens is 737 g/mol. The van der Waals surface area contributed by atoms with Crippen LogP contribution in [-0.2, 0) is 0 Å². The molecule has 10 aromatic carbocycles. The van der Waals surface area contributed by atoms with Crippen molar-refractivity contribution in [3.05, 3.63) is 231 Å². The van der Waals surface area contributed by atoms with Gasteiger partial charge in [-0.2, -0.15) is 0 Å². The smallest absolute Gasteiger partial charge is 0.0620 e. The first-order valence-electron chi connectivity index (χ1n) is 20.9. The molecule has 2 heterocycles. The minimum absolute atomic E-state index is 1.14. The van der Waals surface area contributed by atoms with Gasteiger partial charge in [-0.05, 0) is 119 Å². The molecule has 0 unspecified atom stereocenters. The van der Waals surface area contributed by atoms with Crippen LogP contribution in [0.25, 0.3) is 115 Å². The number of hydrogen-bond donors (Lipinski definition) is 0. The molecule has 12 aromatic rings. The van der Waals surface area contributed by atoms with Crippen LogP contribution in [0, 0.1) is 0 Å². The Morgan fingerprint density at radius 2 is 0.803 bits per heavy atom. The molecule has 0 aliphatic rings. The minimum atomic E-state index is 1.14. The fraction of sp³-hybridized carbons (Fsp3) is 0. The topological polar surface area (TPSA) is 17.8 Å². The van der Waals surface area contributed by atoms with Crippen molar-refractivity contribution >= 4 is 54.1 Å². The number of hydrogen-bond acceptors (Lipinski definition) is 1. The van der Waals surface area contributed by atoms with Gasteiger partial charge in [0.25, 0.3) is 0 Å². The van der Waals surface area contributed by atoms with Gasteiger partial charge in [-0.3, -0.25) is 4.98 Å². The second kappa shape index (κ2) is 14.3. The average molecular weight is 775 g/mol. The predicted molar refractivity (Wildman–Crippen MR) is 258 cm³/mol. The zero-order valence-electron chi connectivity index (χ0n) is 33.3. The van der Waals surface area contributed by atoms with Crippen molar-refractivity contribution in [1.82, 2.24) is 9.55 Å². The molecule has 0 saturated heterocycles. The Morgan fingerprint density at radius 1 is 0.295 bits per heavy atom. The summed E-state index contributed by atoms with van der Waals surface area (Å²) >= 11 is 0. The van der Waals surface area contributed by atoms with E-state index in [0.29, 0.717) is 0 Å². The average Bonchev–Trinajstić information content (AvgIpc) is 3.68. The number of pyridine rings is 1. The number of para-hydroxylation sites is 1. The van der Waals surface area contributed by atoms with E-state index in [0.717, 1.165) is 16.6 Å². The van der Waals surface area contributed by atoms with Crippen LogP contribution in [0.15, 0.2) is 231 Å². The van der Waals surface area contributed by atoms with E-state index in [1.165, 1.54) is 98.9 Å². The second-order valence-electron chi connectivity index (χ2n) is 15.9. The molecule has 0 N–H and O–H groups in total. The van der Waals surface area contributed by atoms with E-state index < -0.39 is 0 Å². The maximum atomic E-state index is 4.57. The van der Waals surface area contributed by atoms with Crippen molar-refractivity contribution in [1.29, 1.82) is 0 Å². The molecule has 0 aliphatic heterocycles. The third-order valence-corrected chi connectivity index (χ3v) is 12.5. The molecule has 284 valence electrons. The van der Waals surface area contributed by atoms with E-state index in [9.17, 15) is 0 Å². The van der Waals surface area contributed by atoms with E-state index in [2.05, 4.69) is 228 Å². The van der Waals surface area contributed by atoms with Crippen LogP contribution in [-0.4, -0.2) is 9.55 Å². The summed E-state index contributed by atoms with van der Waals surface area (Å²) in [5.41, 5.74) is 15.7. The number of benzene rings is 10. The second-order valence-corrected chi connectivity index (χ2v) is 15.9. The van der Waals surface area contributed by atoms with Gasteiger partial charge in [-0.1, -0.05) is 182 Å². The first-order valence-corrected chi connectivity index (χ1v) is 20.9. The molecule has 0 bridgehead atoms. The van der Waals surface area contributed by atoms with E-state index in [4.69, 9.17) is 0 Å². The number of nitrogens with zero attached hydrogens (tertiary/aromatic N) is 2. The fourth-order valence-electron chi connectivity index (χ4n) is 9.71. The minimum Gasteiger partial charge on any atom is -0.309 e. The standard InChI is InChI=1S/C59H38N2/c1-4-15-41(16-5-1)57-48-24-11-12-25-49(48)58(42-17-6-2-7-18-42)53-36-45(31-32-50(53)57)44-20-14-19-43(35-44)39-27-29-40(30-28-39)52-37-54-55-38-60-34-33-56(55)61(46-21-8-3-9-22-46)59(54)51-26-13-10-23-47(51)52/h1-38H. The largest absolute Gasteiger partial charge is 0.309 e. The molecule has 0 saturated carbocycles. The number of aromatic nitrogens is 2. The zero-order chi connectivity index (χ0) is 40.3. The number of fused-ring (bicyclic) bond motifs is 7. The third-order valence-electron chi connectivity index (χ3n) is 12.5. The first kappa shape index (κ1) is 34.9. The Bertz CT molecular complexity index is 3600. The summed E-state index contributed by atoms with van der Waals surface area (Å²) in [6, 6.07) is 79.6. The van der Waals surface area contributed by atoms with Crippen LogP contribution in [0.5, 0.6) is 0 Å². The lowest BCUT2D eigenvalue weighted by Crippen LogP contribution is -1.94. The maximum Gasteiger partial charge on any atom is 0.0620 e. The summed E-state index contributed by atoms with van der Waals surface area (Å²) in [6.07, 6.45) is 3.90. The Morgan fingerprint density at radius 3 is 1.49 bits per heavy atom. The van der Waals surface area contributed by atoms with Crippen LogP contribution in [0.4, 0.5) is 0 Å². The lowest BCUT2D eigenvalue weighted by molar-refractivity contribution is 1.18. The molecule has 0 radical (unpaired) electrons. The highest BCUT2D eigenvalue weighted by molar-refractivity contribution is 6.23. The molecule has 61 heavy (non-hydrogen) atoms. The van der Waals surface area contributed by atoms with Crippen LogP contribution < -0.4 is 0 Å². The molecule has 0 spiro atoms. The van der Waals surface area contributed by atoms with Crippen molar-refractivity contribution < 1.29 is 0 Å². The van der Waals surface area contributed by atoms with E-state index in [-0.39, 0.29) is 0 Å². The van der Waals surface area contributed by atoms with Gasteiger partial charge in [0.05, 0.1) is 11.0 Å². The van der Waals surface area contributed by atoms with Gasteiger partial charge in [-0.15, -0.1) is 0 Å². The summed E-state index contributed by atoms with van der Waals surface area (Å²) < 4.78 is 2.39. The number of rotatable bonds is 6. The highest BCUT2D eigenvalue weighted by Crippen LogP contribution is 2.46. The molecule has 0 amide bonds. The van der Waals surface area contributed by atoms with Crippen molar-refractivity contribution in [3.63, 3.8) is 0 Å². The van der Waals surface area contributed by atoms with Crippen molar-refractivity contribution in [2.24, 2.45) is 0 Å². The SMILES string of the molecule is c1ccc(-c2c3ccccc3c(-c3ccccc3)c3cc(-c4cccc(-c5ccc(-c6cc7c8cnccc8n(-c8ccccc8)c7c7ccccc67)cc5)c4)ccc23)cc1. The monoisotopic (exact) mass is 774 g/mol. The van der Waals surface area contributed by atoms with Crippen molar-refractivity contribution in [2.75, 3.05) is 0 Å². The lowest BCUT2D eigenvalue weighted by Gasteiger charge is -2.19. The van der Waals surface area contributed by atoms with Crippen molar-refractivity contribution in [3.8, 4) is 61.3 Å². The highest BCUT2D eigenvalue weighted by Gasteiger charge is 2.20. The Kier molecular flexibility index (Phi) is 8.21. The quantitative estimate of drug-likeness (QED) is 0.154. The van der Waals surface area contributed by atoms with Crippen LogP contribution >= 0.6 is 0 Å². The van der Waals surface area contributed by atoms with E-state index in [1.54, 1.807) is 0 Å². The Hall–Kier alpha value is -8.07. The predicted octanol–water partition coefficient (Wildman–Crippen LogP) is 16.0. The van der Waals surface area contributed by atoms with Crippen LogP contribution in [0.2, 0.25) is 0 Å². The maximum absolute atomic E-state index is 4.57. The molecule has 0 aliphatic carbocycles. The summed E-state index contributed by atoms with van der Waals surface area (Å²) in [5, 5.41) is 9.84. The summed E-state index contributed by atoms with van der Waals surface area (Å²) in [4.78, 5) is 4.57. The molecule has 2 nitrogen and oxygen atoms in total. The first-order chi connectivity index (χ1) is 30.3. The molecule has 0 fully saturated rings. The summed E-state index contributed by atoms with van der Waals surface area (Å²) in [6.45, 7) is 0. The van der Waals surface area contributed by atoms with E-state index in [1.807, 2.05) is 12.4 Å². The van der Waals surface area contributed by atoms with Gasteiger partial charge in [-0.25, -0.2) is 0 Å². The van der Waals surface area contributed by atoms with Crippen LogP contribution in [0.3, 0.4) is 0 Å². The third kappa shape index (κ3) is 5.76. The fourth-order valence-corrected chi connectivity index (χ4v) is 9.71. The Balaban J connectivity index is 0.977. The summed E-state index contributed by atoms with van der Waals surface area (Å²) in [5.74, 6) is 0. The molecule has 2 heteroatoms. The van der Waals surface area contributed by atoms with Gasteiger partial charge < -0.3 is 4.57 Å². The molecule has 12 rings (SSSR count). The van der Waals surface area contributed by atoms with Gasteiger partial charge in [0.2, 0.25) is 0 Å². The summed E-state index contributed by atoms with van der Waals surface area (Å²) in [7, 11) is 0. The van der Waals surface area contributed by atoms with Gasteiger partial charge in [0.1, 0.15) is 0 Å². The van der Waals surface area contributed by atoms with Gasteiger partial charge in [0, 0.05) is 34.2 Å². The molecule has 0 atom stereocenters. The van der Waals surface area contributed by atoms with Gasteiger partial charge >= 0.3 is 0 Å². The van der Waals surface area contributed by atoms with E-state index >= 15 is 0 Å². The highest BCUT2D eigenvalue weighted by atomic mass is 15.0. The van der Waals surface area contributed by atoms with Crippen LogP contribution in [0.1, 0.15) is 0 Å². The normalized spacial score (nSPS) is 11.6.